The Bertz CT molecular complexity index is 567. The molecular weight excluding hydrogens is 262 g/mol. The van der Waals surface area contributed by atoms with Crippen molar-refractivity contribution < 1.29 is 5.11 Å². The van der Waals surface area contributed by atoms with Crippen LogP contribution in [0, 0.1) is 0 Å². The molecule has 0 amide bonds. The van der Waals surface area contributed by atoms with Crippen LogP contribution in [-0.4, -0.2) is 21.8 Å². The van der Waals surface area contributed by atoms with Crippen LogP contribution >= 0.6 is 0 Å². The molecule has 0 aliphatic rings. The summed E-state index contributed by atoms with van der Waals surface area (Å²) in [5.41, 5.74) is 2.35. The maximum Gasteiger partial charge on any atom is 0.0992 e. The highest BCUT2D eigenvalue weighted by Gasteiger charge is 2.23. The molecule has 114 valence electrons. The third kappa shape index (κ3) is 3.93. The van der Waals surface area contributed by atoms with Crippen LogP contribution in [0.3, 0.4) is 0 Å². The van der Waals surface area contributed by atoms with Gasteiger partial charge in [0.1, 0.15) is 0 Å². The Balaban J connectivity index is 1.98. The molecule has 3 N–H and O–H groups in total. The minimum absolute atomic E-state index is 0.0372. The van der Waals surface area contributed by atoms with E-state index in [-0.39, 0.29) is 5.41 Å². The SMILES string of the molecule is CC(C)(C)c1[nH]ncc1CNCC(C)(O)c1ccccc1. The molecule has 1 atom stereocenters. The van der Waals surface area contributed by atoms with E-state index >= 15 is 0 Å². The van der Waals surface area contributed by atoms with Crippen LogP contribution < -0.4 is 5.32 Å². The van der Waals surface area contributed by atoms with Crippen molar-refractivity contribution in [1.82, 2.24) is 15.5 Å². The van der Waals surface area contributed by atoms with E-state index in [9.17, 15) is 5.11 Å². The molecule has 1 heterocycles. The Morgan fingerprint density at radius 2 is 1.81 bits per heavy atom. The van der Waals surface area contributed by atoms with Crippen LogP contribution in [0.4, 0.5) is 0 Å². The lowest BCUT2D eigenvalue weighted by atomic mass is 9.89. The normalized spacial score (nSPS) is 14.9. The number of aromatic amines is 1. The first-order valence-electron chi connectivity index (χ1n) is 7.32. The Morgan fingerprint density at radius 1 is 1.14 bits per heavy atom. The summed E-state index contributed by atoms with van der Waals surface area (Å²) in [5.74, 6) is 0. The second-order valence-electron chi connectivity index (χ2n) is 6.76. The first kappa shape index (κ1) is 15.7. The molecule has 1 aromatic heterocycles. The first-order valence-corrected chi connectivity index (χ1v) is 7.32. The zero-order valence-corrected chi connectivity index (χ0v) is 13.3. The van der Waals surface area contributed by atoms with Crippen molar-refractivity contribution in [2.45, 2.75) is 45.3 Å². The lowest BCUT2D eigenvalue weighted by Gasteiger charge is -2.25. The van der Waals surface area contributed by atoms with Crippen molar-refractivity contribution in [2.75, 3.05) is 6.54 Å². The van der Waals surface area contributed by atoms with E-state index in [2.05, 4.69) is 36.3 Å². The molecule has 2 aromatic rings. The van der Waals surface area contributed by atoms with Crippen LogP contribution in [0.15, 0.2) is 36.5 Å². The number of nitrogens with one attached hydrogen (secondary N) is 2. The van der Waals surface area contributed by atoms with Gasteiger partial charge >= 0.3 is 0 Å². The molecule has 0 saturated heterocycles. The Morgan fingerprint density at radius 3 is 2.43 bits per heavy atom. The summed E-state index contributed by atoms with van der Waals surface area (Å²) in [6, 6.07) is 9.73. The third-order valence-electron chi connectivity index (χ3n) is 3.65. The number of aromatic nitrogens is 2. The largest absolute Gasteiger partial charge is 0.384 e. The van der Waals surface area contributed by atoms with Crippen molar-refractivity contribution in [3.63, 3.8) is 0 Å². The van der Waals surface area contributed by atoms with Crippen molar-refractivity contribution in [2.24, 2.45) is 0 Å². The molecule has 0 saturated carbocycles. The Kier molecular flexibility index (Phi) is 4.49. The molecule has 2 rings (SSSR count). The number of benzene rings is 1. The highest BCUT2D eigenvalue weighted by atomic mass is 16.3. The average Bonchev–Trinajstić information content (AvgIpc) is 2.88. The predicted octanol–water partition coefficient (Wildman–Crippen LogP) is 2.70. The van der Waals surface area contributed by atoms with Gasteiger partial charge < -0.3 is 10.4 Å². The minimum atomic E-state index is -0.882. The number of hydrogen-bond acceptors (Lipinski definition) is 3. The fraction of sp³-hybridized carbons (Fsp3) is 0.471. The van der Waals surface area contributed by atoms with Crippen LogP contribution in [0.2, 0.25) is 0 Å². The van der Waals surface area contributed by atoms with Crippen molar-refractivity contribution in [3.8, 4) is 0 Å². The topological polar surface area (TPSA) is 60.9 Å². The smallest absolute Gasteiger partial charge is 0.0992 e. The number of aliphatic hydroxyl groups is 1. The van der Waals surface area contributed by atoms with E-state index in [1.807, 2.05) is 43.5 Å². The van der Waals surface area contributed by atoms with Gasteiger partial charge in [-0.1, -0.05) is 51.1 Å². The minimum Gasteiger partial charge on any atom is -0.384 e. The van der Waals surface area contributed by atoms with Crippen molar-refractivity contribution in [1.29, 1.82) is 0 Å². The van der Waals surface area contributed by atoms with E-state index < -0.39 is 5.60 Å². The molecule has 0 radical (unpaired) electrons. The summed E-state index contributed by atoms with van der Waals surface area (Å²) in [4.78, 5) is 0. The van der Waals surface area contributed by atoms with Gasteiger partial charge in [-0.2, -0.15) is 5.10 Å². The van der Waals surface area contributed by atoms with Gasteiger partial charge in [-0.15, -0.1) is 0 Å². The Labute approximate surface area is 126 Å². The number of H-pyrrole nitrogens is 1. The zero-order chi connectivity index (χ0) is 15.5. The van der Waals surface area contributed by atoms with E-state index in [1.165, 1.54) is 0 Å². The quantitative estimate of drug-likeness (QED) is 0.792. The predicted molar refractivity (Wildman–Crippen MR) is 85.0 cm³/mol. The van der Waals surface area contributed by atoms with E-state index in [0.29, 0.717) is 13.1 Å². The number of hydrogen-bond donors (Lipinski definition) is 3. The van der Waals surface area contributed by atoms with Crippen LogP contribution in [0.25, 0.3) is 0 Å². The third-order valence-corrected chi connectivity index (χ3v) is 3.65. The van der Waals surface area contributed by atoms with E-state index in [4.69, 9.17) is 0 Å². The molecule has 4 nitrogen and oxygen atoms in total. The van der Waals surface area contributed by atoms with Gasteiger partial charge in [-0.25, -0.2) is 0 Å². The van der Waals surface area contributed by atoms with Gasteiger partial charge in [0.25, 0.3) is 0 Å². The summed E-state index contributed by atoms with van der Waals surface area (Å²) >= 11 is 0. The summed E-state index contributed by atoms with van der Waals surface area (Å²) in [6.07, 6.45) is 1.85. The number of nitrogens with zero attached hydrogens (tertiary/aromatic N) is 1. The highest BCUT2D eigenvalue weighted by molar-refractivity contribution is 5.24. The molecule has 1 unspecified atom stereocenters. The van der Waals surface area contributed by atoms with Gasteiger partial charge in [0.05, 0.1) is 11.8 Å². The fourth-order valence-corrected chi connectivity index (χ4v) is 2.43. The molecule has 0 aliphatic heterocycles. The molecule has 0 spiro atoms. The lowest BCUT2D eigenvalue weighted by molar-refractivity contribution is 0.0566. The summed E-state index contributed by atoms with van der Waals surface area (Å²) < 4.78 is 0. The lowest BCUT2D eigenvalue weighted by Crippen LogP contribution is -2.35. The average molecular weight is 287 g/mol. The second-order valence-corrected chi connectivity index (χ2v) is 6.76. The molecule has 1 aromatic carbocycles. The summed E-state index contributed by atoms with van der Waals surface area (Å²) in [7, 11) is 0. The van der Waals surface area contributed by atoms with E-state index in [1.54, 1.807) is 0 Å². The van der Waals surface area contributed by atoms with Gasteiger partial charge in [-0.3, -0.25) is 5.10 Å². The standard InChI is InChI=1S/C17H25N3O/c1-16(2,3)15-13(11-19-20-15)10-18-12-17(4,21)14-8-6-5-7-9-14/h5-9,11,18,21H,10,12H2,1-4H3,(H,19,20). The second kappa shape index (κ2) is 6.00. The molecular formula is C17H25N3O. The van der Waals surface area contributed by atoms with Crippen molar-refractivity contribution in [3.05, 3.63) is 53.3 Å². The fourth-order valence-electron chi connectivity index (χ4n) is 2.43. The zero-order valence-electron chi connectivity index (χ0n) is 13.3. The highest BCUT2D eigenvalue weighted by Crippen LogP contribution is 2.24. The monoisotopic (exact) mass is 287 g/mol. The van der Waals surface area contributed by atoms with Crippen LogP contribution in [0.5, 0.6) is 0 Å². The molecule has 0 aliphatic carbocycles. The Hall–Kier alpha value is -1.65. The van der Waals surface area contributed by atoms with Gasteiger partial charge in [0.15, 0.2) is 0 Å². The first-order chi connectivity index (χ1) is 9.81. The van der Waals surface area contributed by atoms with Gasteiger partial charge in [-0.05, 0) is 12.5 Å². The maximum atomic E-state index is 10.6. The summed E-state index contributed by atoms with van der Waals surface area (Å²) in [5, 5.41) is 21.1. The van der Waals surface area contributed by atoms with Gasteiger partial charge in [0.2, 0.25) is 0 Å². The molecule has 21 heavy (non-hydrogen) atoms. The molecule has 0 fully saturated rings. The number of rotatable bonds is 5. The molecule has 0 bridgehead atoms. The summed E-state index contributed by atoms with van der Waals surface area (Å²) in [6.45, 7) is 9.48. The van der Waals surface area contributed by atoms with Gasteiger partial charge in [0, 0.05) is 29.8 Å². The van der Waals surface area contributed by atoms with Crippen LogP contribution in [0.1, 0.15) is 44.5 Å². The van der Waals surface area contributed by atoms with Crippen LogP contribution in [-0.2, 0) is 17.6 Å². The molecule has 4 heteroatoms. The van der Waals surface area contributed by atoms with Crippen molar-refractivity contribution >= 4 is 0 Å². The maximum absolute atomic E-state index is 10.6. The van der Waals surface area contributed by atoms with E-state index in [0.717, 1.165) is 16.8 Å².